The minimum atomic E-state index is 0.776. The molecule has 1 aliphatic rings. The Hall–Kier alpha value is -1.38. The van der Waals surface area contributed by atoms with Crippen molar-refractivity contribution in [2.24, 2.45) is 7.05 Å². The van der Waals surface area contributed by atoms with Crippen molar-refractivity contribution >= 4 is 28.8 Å². The van der Waals surface area contributed by atoms with Gasteiger partial charge in [-0.05, 0) is 18.4 Å². The molecule has 2 aromatic rings. The van der Waals surface area contributed by atoms with Gasteiger partial charge in [0, 0.05) is 19.3 Å². The molecule has 0 aromatic carbocycles. The third kappa shape index (κ3) is 2.51. The van der Waals surface area contributed by atoms with Gasteiger partial charge >= 0.3 is 0 Å². The average Bonchev–Trinajstić information content (AvgIpc) is 3.00. The fourth-order valence-electron chi connectivity index (χ4n) is 2.25. The Labute approximate surface area is 121 Å². The lowest BCUT2D eigenvalue weighted by atomic mass is 10.3. The summed E-state index contributed by atoms with van der Waals surface area (Å²) < 4.78 is 1.98. The van der Waals surface area contributed by atoms with Gasteiger partial charge in [-0.25, -0.2) is 0 Å². The van der Waals surface area contributed by atoms with Crippen molar-refractivity contribution in [1.82, 2.24) is 9.78 Å². The molecule has 3 rings (SSSR count). The first-order valence-corrected chi connectivity index (χ1v) is 8.06. The minimum absolute atomic E-state index is 0.776. The van der Waals surface area contributed by atoms with E-state index >= 15 is 0 Å². The highest BCUT2D eigenvalue weighted by atomic mass is 32.2. The van der Waals surface area contributed by atoms with Crippen molar-refractivity contribution in [3.05, 3.63) is 28.1 Å². The number of hydrogen-bond acceptors (Lipinski definition) is 4. The van der Waals surface area contributed by atoms with Crippen LogP contribution in [0.15, 0.2) is 22.5 Å². The lowest BCUT2D eigenvalue weighted by Gasteiger charge is -2.27. The van der Waals surface area contributed by atoms with Crippen molar-refractivity contribution in [2.75, 3.05) is 23.7 Å². The van der Waals surface area contributed by atoms with Gasteiger partial charge in [0.05, 0.1) is 22.8 Å². The molecule has 19 heavy (non-hydrogen) atoms. The van der Waals surface area contributed by atoms with Crippen molar-refractivity contribution in [3.63, 3.8) is 0 Å². The number of anilines is 1. The van der Waals surface area contributed by atoms with E-state index in [0.717, 1.165) is 29.4 Å². The van der Waals surface area contributed by atoms with E-state index < -0.39 is 0 Å². The van der Waals surface area contributed by atoms with Gasteiger partial charge in [0.15, 0.2) is 0 Å². The molecule has 0 N–H and O–H groups in total. The van der Waals surface area contributed by atoms with Crippen LogP contribution in [0, 0.1) is 18.8 Å². The molecule has 0 fully saturated rings. The van der Waals surface area contributed by atoms with E-state index in [1.807, 2.05) is 29.6 Å². The summed E-state index contributed by atoms with van der Waals surface area (Å²) in [6.07, 6.45) is 0. The summed E-state index contributed by atoms with van der Waals surface area (Å²) in [7, 11) is 2.01. The summed E-state index contributed by atoms with van der Waals surface area (Å²) >= 11 is 3.57. The van der Waals surface area contributed by atoms with Crippen molar-refractivity contribution in [1.29, 1.82) is 0 Å². The molecule has 0 bridgehead atoms. The molecule has 1 aliphatic heterocycles. The predicted octanol–water partition coefficient (Wildman–Crippen LogP) is 2.75. The number of aryl methyl sites for hydroxylation is 2. The van der Waals surface area contributed by atoms with Gasteiger partial charge in [-0.1, -0.05) is 17.9 Å². The summed E-state index contributed by atoms with van der Waals surface area (Å²) in [6, 6.07) is 4.10. The number of hydrogen-bond donors (Lipinski definition) is 0. The quantitative estimate of drug-likeness (QED) is 0.753. The van der Waals surface area contributed by atoms with Crippen molar-refractivity contribution in [2.45, 2.75) is 11.9 Å². The molecule has 3 heterocycles. The van der Waals surface area contributed by atoms with Crippen LogP contribution in [0.4, 0.5) is 5.69 Å². The zero-order valence-corrected chi connectivity index (χ0v) is 12.6. The Balaban J connectivity index is 1.80. The predicted molar refractivity (Wildman–Crippen MR) is 82.1 cm³/mol. The maximum absolute atomic E-state index is 4.51. The molecular formula is C14H15N3S2. The molecule has 0 atom stereocenters. The van der Waals surface area contributed by atoms with Crippen LogP contribution in [0.3, 0.4) is 0 Å². The van der Waals surface area contributed by atoms with Crippen LogP contribution in [0.5, 0.6) is 0 Å². The van der Waals surface area contributed by atoms with E-state index in [0.29, 0.717) is 0 Å². The molecule has 0 saturated heterocycles. The van der Waals surface area contributed by atoms with Crippen LogP contribution in [-0.4, -0.2) is 28.6 Å². The number of fused-ring (bicyclic) bond motifs is 1. The Morgan fingerprint density at radius 1 is 1.47 bits per heavy atom. The molecule has 0 amide bonds. The lowest BCUT2D eigenvalue weighted by molar-refractivity contribution is 0.687. The number of thiophene rings is 1. The van der Waals surface area contributed by atoms with Crippen molar-refractivity contribution in [3.8, 4) is 11.8 Å². The van der Waals surface area contributed by atoms with E-state index in [2.05, 4.69) is 40.2 Å². The first-order valence-electron chi connectivity index (χ1n) is 6.19. The second-order valence-corrected chi connectivity index (χ2v) is 6.44. The highest BCUT2D eigenvalue weighted by Crippen LogP contribution is 2.36. The Bertz CT molecular complexity index is 632. The lowest BCUT2D eigenvalue weighted by Crippen LogP contribution is -2.29. The molecule has 0 spiro atoms. The van der Waals surface area contributed by atoms with E-state index in [9.17, 15) is 0 Å². The summed E-state index contributed by atoms with van der Waals surface area (Å²) in [5.74, 6) is 7.60. The van der Waals surface area contributed by atoms with Crippen LogP contribution in [0.1, 0.15) is 10.6 Å². The summed E-state index contributed by atoms with van der Waals surface area (Å²) in [5, 5.41) is 7.83. The standard InChI is InChI=1S/C14H15N3S2/c1-11-13-14(16(2)15-11)19-10-8-17(13)7-3-5-12-6-4-9-18-12/h4,6,9H,7-8,10H2,1-2H3. The Morgan fingerprint density at radius 3 is 3.16 bits per heavy atom. The first-order chi connectivity index (χ1) is 9.25. The number of rotatable bonds is 1. The number of nitrogens with zero attached hydrogens (tertiary/aromatic N) is 3. The number of aromatic nitrogens is 2. The summed E-state index contributed by atoms with van der Waals surface area (Å²) in [4.78, 5) is 3.48. The Morgan fingerprint density at radius 2 is 2.37 bits per heavy atom. The molecule has 98 valence electrons. The Kier molecular flexibility index (Phi) is 3.54. The molecule has 0 aliphatic carbocycles. The topological polar surface area (TPSA) is 21.1 Å². The fourth-order valence-corrected chi connectivity index (χ4v) is 3.98. The molecule has 0 saturated carbocycles. The molecule has 0 radical (unpaired) electrons. The summed E-state index contributed by atoms with van der Waals surface area (Å²) in [6.45, 7) is 3.89. The fraction of sp³-hybridized carbons (Fsp3) is 0.357. The molecule has 0 unspecified atom stereocenters. The van der Waals surface area contributed by atoms with E-state index in [-0.39, 0.29) is 0 Å². The van der Waals surface area contributed by atoms with Crippen LogP contribution in [0.25, 0.3) is 0 Å². The molecular weight excluding hydrogens is 274 g/mol. The largest absolute Gasteiger partial charge is 0.356 e. The highest BCUT2D eigenvalue weighted by molar-refractivity contribution is 7.99. The maximum atomic E-state index is 4.51. The monoisotopic (exact) mass is 289 g/mol. The van der Waals surface area contributed by atoms with Crippen LogP contribution >= 0.6 is 23.1 Å². The highest BCUT2D eigenvalue weighted by Gasteiger charge is 2.23. The molecule has 2 aromatic heterocycles. The number of thioether (sulfide) groups is 1. The van der Waals surface area contributed by atoms with Crippen molar-refractivity contribution < 1.29 is 0 Å². The third-order valence-corrected chi connectivity index (χ3v) is 4.96. The minimum Gasteiger partial charge on any atom is -0.356 e. The van der Waals surface area contributed by atoms with Gasteiger partial charge in [0.2, 0.25) is 0 Å². The zero-order chi connectivity index (χ0) is 13.2. The molecule has 3 nitrogen and oxygen atoms in total. The van der Waals surface area contributed by atoms with Gasteiger partial charge < -0.3 is 4.90 Å². The smallest absolute Gasteiger partial charge is 0.117 e. The van der Waals surface area contributed by atoms with Gasteiger partial charge in [-0.3, -0.25) is 4.68 Å². The maximum Gasteiger partial charge on any atom is 0.117 e. The van der Waals surface area contributed by atoms with E-state index in [1.165, 1.54) is 10.7 Å². The second kappa shape index (κ2) is 5.32. The normalized spacial score (nSPS) is 13.9. The van der Waals surface area contributed by atoms with Crippen LogP contribution in [-0.2, 0) is 7.05 Å². The second-order valence-electron chi connectivity index (χ2n) is 4.41. The van der Waals surface area contributed by atoms with E-state index in [4.69, 9.17) is 0 Å². The molecule has 5 heteroatoms. The van der Waals surface area contributed by atoms with Gasteiger partial charge in [0.25, 0.3) is 0 Å². The van der Waals surface area contributed by atoms with Gasteiger partial charge in [0.1, 0.15) is 5.03 Å². The first kappa shape index (κ1) is 12.6. The average molecular weight is 289 g/mol. The van der Waals surface area contributed by atoms with Gasteiger partial charge in [-0.15, -0.1) is 23.1 Å². The SMILES string of the molecule is Cc1nn(C)c2c1N(CC#Cc1cccs1)CCS2. The zero-order valence-electron chi connectivity index (χ0n) is 11.0. The van der Waals surface area contributed by atoms with Crippen LogP contribution in [0.2, 0.25) is 0 Å². The van der Waals surface area contributed by atoms with Gasteiger partial charge in [-0.2, -0.15) is 5.10 Å². The van der Waals surface area contributed by atoms with E-state index in [1.54, 1.807) is 11.3 Å². The summed E-state index contributed by atoms with van der Waals surface area (Å²) in [5.41, 5.74) is 2.36. The third-order valence-electron chi connectivity index (χ3n) is 3.06. The van der Waals surface area contributed by atoms with Crippen LogP contribution < -0.4 is 4.90 Å².